The standard InChI is InChI=1S/C19H18N2O/c1-21(2)16-10-9-15(19(22)13-16)8-7-14-11-12-20-18-6-4-3-5-17(14)18/h3-13,22H,1-2H3/b8-7+. The maximum Gasteiger partial charge on any atom is 0.124 e. The van der Waals surface area contributed by atoms with Crippen molar-refractivity contribution in [3.63, 3.8) is 0 Å². The van der Waals surface area contributed by atoms with E-state index in [4.69, 9.17) is 0 Å². The van der Waals surface area contributed by atoms with E-state index in [1.54, 1.807) is 12.3 Å². The molecule has 3 rings (SSSR count). The van der Waals surface area contributed by atoms with Crippen molar-refractivity contribution in [3.05, 3.63) is 65.9 Å². The number of hydrogen-bond acceptors (Lipinski definition) is 3. The van der Waals surface area contributed by atoms with Crippen LogP contribution < -0.4 is 4.90 Å². The topological polar surface area (TPSA) is 36.4 Å². The predicted molar refractivity (Wildman–Crippen MR) is 93.1 cm³/mol. The van der Waals surface area contributed by atoms with Gasteiger partial charge < -0.3 is 10.0 Å². The summed E-state index contributed by atoms with van der Waals surface area (Å²) in [5.74, 6) is 0.279. The van der Waals surface area contributed by atoms with Gasteiger partial charge in [-0.3, -0.25) is 4.98 Å². The molecule has 0 saturated heterocycles. The minimum absolute atomic E-state index is 0.279. The van der Waals surface area contributed by atoms with Crippen LogP contribution in [0.2, 0.25) is 0 Å². The Morgan fingerprint density at radius 2 is 1.73 bits per heavy atom. The molecule has 3 nitrogen and oxygen atoms in total. The summed E-state index contributed by atoms with van der Waals surface area (Å²) >= 11 is 0. The molecule has 0 bridgehead atoms. The summed E-state index contributed by atoms with van der Waals surface area (Å²) < 4.78 is 0. The quantitative estimate of drug-likeness (QED) is 0.786. The second-order valence-corrected chi connectivity index (χ2v) is 5.39. The van der Waals surface area contributed by atoms with Crippen LogP contribution in [0.4, 0.5) is 5.69 Å². The number of phenols is 1. The third-order valence-electron chi connectivity index (χ3n) is 3.66. The molecule has 0 unspecified atom stereocenters. The zero-order valence-electron chi connectivity index (χ0n) is 12.7. The first-order valence-corrected chi connectivity index (χ1v) is 7.17. The largest absolute Gasteiger partial charge is 0.507 e. The third kappa shape index (κ3) is 2.79. The maximum atomic E-state index is 10.1. The summed E-state index contributed by atoms with van der Waals surface area (Å²) in [6.45, 7) is 0. The molecule has 0 aliphatic heterocycles. The van der Waals surface area contributed by atoms with Crippen molar-refractivity contribution in [2.24, 2.45) is 0 Å². The lowest BCUT2D eigenvalue weighted by Gasteiger charge is -2.13. The Bertz CT molecular complexity index is 832. The highest BCUT2D eigenvalue weighted by Crippen LogP contribution is 2.26. The van der Waals surface area contributed by atoms with Crippen molar-refractivity contribution < 1.29 is 5.11 Å². The number of anilines is 1. The molecule has 0 atom stereocenters. The van der Waals surface area contributed by atoms with Crippen molar-refractivity contribution in [1.29, 1.82) is 0 Å². The summed E-state index contributed by atoms with van der Waals surface area (Å²) in [4.78, 5) is 6.32. The van der Waals surface area contributed by atoms with Gasteiger partial charge in [-0.2, -0.15) is 0 Å². The van der Waals surface area contributed by atoms with Crippen molar-refractivity contribution in [2.75, 3.05) is 19.0 Å². The molecule has 3 heteroatoms. The van der Waals surface area contributed by atoms with Crippen LogP contribution in [0.1, 0.15) is 11.1 Å². The number of benzene rings is 2. The Hall–Kier alpha value is -2.81. The van der Waals surface area contributed by atoms with Crippen molar-refractivity contribution >= 4 is 28.7 Å². The number of aromatic nitrogens is 1. The fraction of sp³-hybridized carbons (Fsp3) is 0.105. The van der Waals surface area contributed by atoms with Crippen molar-refractivity contribution in [2.45, 2.75) is 0 Å². The Morgan fingerprint density at radius 1 is 0.955 bits per heavy atom. The summed E-state index contributed by atoms with van der Waals surface area (Å²) in [5.41, 5.74) is 3.83. The highest BCUT2D eigenvalue weighted by molar-refractivity contribution is 5.90. The predicted octanol–water partition coefficient (Wildman–Crippen LogP) is 4.18. The molecule has 3 aromatic rings. The number of pyridine rings is 1. The minimum Gasteiger partial charge on any atom is -0.507 e. The van der Waals surface area contributed by atoms with Gasteiger partial charge >= 0.3 is 0 Å². The number of rotatable bonds is 3. The van der Waals surface area contributed by atoms with Gasteiger partial charge in [-0.25, -0.2) is 0 Å². The van der Waals surface area contributed by atoms with Crippen LogP contribution >= 0.6 is 0 Å². The first kappa shape index (κ1) is 14.1. The van der Waals surface area contributed by atoms with Gasteiger partial charge in [-0.1, -0.05) is 30.4 Å². The van der Waals surface area contributed by atoms with E-state index in [9.17, 15) is 5.11 Å². The van der Waals surface area contributed by atoms with E-state index in [0.717, 1.165) is 27.7 Å². The van der Waals surface area contributed by atoms with Crippen LogP contribution in [0.3, 0.4) is 0 Å². The second-order valence-electron chi connectivity index (χ2n) is 5.39. The van der Waals surface area contributed by atoms with E-state index in [-0.39, 0.29) is 5.75 Å². The lowest BCUT2D eigenvalue weighted by molar-refractivity contribution is 0.474. The van der Waals surface area contributed by atoms with Gasteiger partial charge in [0.05, 0.1) is 5.52 Å². The van der Waals surface area contributed by atoms with Gasteiger partial charge in [0.2, 0.25) is 0 Å². The zero-order valence-corrected chi connectivity index (χ0v) is 12.7. The van der Waals surface area contributed by atoms with Gasteiger partial charge in [0.1, 0.15) is 5.75 Å². The Labute approximate surface area is 130 Å². The second kappa shape index (κ2) is 5.90. The molecule has 0 spiro atoms. The number of hydrogen-bond donors (Lipinski definition) is 1. The molecular formula is C19H18N2O. The molecular weight excluding hydrogens is 272 g/mol. The molecule has 0 saturated carbocycles. The van der Waals surface area contributed by atoms with Crippen LogP contribution in [-0.4, -0.2) is 24.2 Å². The van der Waals surface area contributed by atoms with Crippen LogP contribution in [0.5, 0.6) is 5.75 Å². The van der Waals surface area contributed by atoms with Crippen LogP contribution in [0.25, 0.3) is 23.1 Å². The monoisotopic (exact) mass is 290 g/mol. The lowest BCUT2D eigenvalue weighted by Crippen LogP contribution is -2.08. The molecule has 1 N–H and O–H groups in total. The Morgan fingerprint density at radius 3 is 2.50 bits per heavy atom. The highest BCUT2D eigenvalue weighted by Gasteiger charge is 2.02. The molecule has 1 aromatic heterocycles. The minimum atomic E-state index is 0.279. The van der Waals surface area contributed by atoms with E-state index < -0.39 is 0 Å². The van der Waals surface area contributed by atoms with Crippen LogP contribution in [0.15, 0.2) is 54.7 Å². The van der Waals surface area contributed by atoms with Gasteiger partial charge in [0, 0.05) is 43.0 Å². The molecule has 22 heavy (non-hydrogen) atoms. The first-order chi connectivity index (χ1) is 10.6. The smallest absolute Gasteiger partial charge is 0.124 e. The summed E-state index contributed by atoms with van der Waals surface area (Å²) in [7, 11) is 3.90. The van der Waals surface area contributed by atoms with Crippen LogP contribution in [0, 0.1) is 0 Å². The van der Waals surface area contributed by atoms with E-state index in [1.807, 2.05) is 67.5 Å². The molecule has 0 aliphatic carbocycles. The number of para-hydroxylation sites is 1. The molecule has 1 heterocycles. The summed E-state index contributed by atoms with van der Waals surface area (Å²) in [5, 5.41) is 11.2. The SMILES string of the molecule is CN(C)c1ccc(/C=C/c2ccnc3ccccc23)c(O)c1. The van der Waals surface area contributed by atoms with E-state index >= 15 is 0 Å². The molecule has 0 radical (unpaired) electrons. The highest BCUT2D eigenvalue weighted by atomic mass is 16.3. The molecule has 0 aliphatic rings. The van der Waals surface area contributed by atoms with E-state index in [2.05, 4.69) is 11.1 Å². The van der Waals surface area contributed by atoms with Crippen molar-refractivity contribution in [1.82, 2.24) is 4.98 Å². The van der Waals surface area contributed by atoms with Gasteiger partial charge in [-0.05, 0) is 29.8 Å². The third-order valence-corrected chi connectivity index (χ3v) is 3.66. The Kier molecular flexibility index (Phi) is 3.79. The van der Waals surface area contributed by atoms with Gasteiger partial charge in [0.25, 0.3) is 0 Å². The van der Waals surface area contributed by atoms with E-state index in [1.165, 1.54) is 0 Å². The first-order valence-electron chi connectivity index (χ1n) is 7.17. The average molecular weight is 290 g/mol. The fourth-order valence-electron chi connectivity index (χ4n) is 2.39. The lowest BCUT2D eigenvalue weighted by atomic mass is 10.1. The molecule has 0 fully saturated rings. The Balaban J connectivity index is 1.96. The number of aromatic hydroxyl groups is 1. The number of fused-ring (bicyclic) bond motifs is 1. The average Bonchev–Trinajstić information content (AvgIpc) is 2.53. The molecule has 2 aromatic carbocycles. The molecule has 110 valence electrons. The number of phenolic OH excluding ortho intramolecular Hbond substituents is 1. The van der Waals surface area contributed by atoms with Gasteiger partial charge in [0.15, 0.2) is 0 Å². The number of nitrogens with zero attached hydrogens (tertiary/aromatic N) is 2. The maximum absolute atomic E-state index is 10.1. The van der Waals surface area contributed by atoms with E-state index in [0.29, 0.717) is 0 Å². The summed E-state index contributed by atoms with van der Waals surface area (Å²) in [6, 6.07) is 15.7. The summed E-state index contributed by atoms with van der Waals surface area (Å²) in [6.07, 6.45) is 5.74. The fourth-order valence-corrected chi connectivity index (χ4v) is 2.39. The van der Waals surface area contributed by atoms with Crippen LogP contribution in [-0.2, 0) is 0 Å². The zero-order chi connectivity index (χ0) is 15.5. The van der Waals surface area contributed by atoms with Gasteiger partial charge in [-0.15, -0.1) is 0 Å². The molecule has 0 amide bonds. The van der Waals surface area contributed by atoms with Crippen molar-refractivity contribution in [3.8, 4) is 5.75 Å². The normalized spacial score (nSPS) is 11.2.